The highest BCUT2D eigenvalue weighted by atomic mass is 16.5. The predicted octanol–water partition coefficient (Wildman–Crippen LogP) is 1.77. The summed E-state index contributed by atoms with van der Waals surface area (Å²) < 4.78 is 5.46. The predicted molar refractivity (Wildman–Crippen MR) is 70.6 cm³/mol. The van der Waals surface area contributed by atoms with Gasteiger partial charge in [0.1, 0.15) is 5.82 Å². The van der Waals surface area contributed by atoms with E-state index in [9.17, 15) is 0 Å². The second kappa shape index (κ2) is 7.84. The molecular weight excluding hydrogens is 216 g/mol. The molecule has 0 aliphatic heterocycles. The van der Waals surface area contributed by atoms with Crippen molar-refractivity contribution in [1.82, 2.24) is 9.97 Å². The van der Waals surface area contributed by atoms with Crippen LogP contribution < -0.4 is 10.2 Å². The van der Waals surface area contributed by atoms with Gasteiger partial charge in [0.25, 0.3) is 0 Å². The van der Waals surface area contributed by atoms with E-state index >= 15 is 0 Å². The summed E-state index contributed by atoms with van der Waals surface area (Å²) in [6.45, 7) is 4.48. The van der Waals surface area contributed by atoms with Gasteiger partial charge >= 0.3 is 0 Å². The highest BCUT2D eigenvalue weighted by molar-refractivity contribution is 5.40. The molecule has 1 rings (SSSR count). The first-order chi connectivity index (χ1) is 8.24. The fourth-order valence-electron chi connectivity index (χ4n) is 1.26. The van der Waals surface area contributed by atoms with Gasteiger partial charge in [0.15, 0.2) is 0 Å². The molecule has 0 bridgehead atoms. The molecule has 0 amide bonds. The van der Waals surface area contributed by atoms with Crippen LogP contribution in [0, 0.1) is 0 Å². The third-order valence-electron chi connectivity index (χ3n) is 2.24. The Kier molecular flexibility index (Phi) is 6.32. The molecule has 1 heterocycles. The van der Waals surface area contributed by atoms with Crippen LogP contribution in [0.2, 0.25) is 0 Å². The van der Waals surface area contributed by atoms with Gasteiger partial charge in [-0.25, -0.2) is 4.98 Å². The summed E-state index contributed by atoms with van der Waals surface area (Å²) in [7, 11) is 3.85. The number of ether oxygens (including phenoxy) is 1. The minimum absolute atomic E-state index is 0.710. The number of aromatic nitrogens is 2. The number of hydrogen-bond donors (Lipinski definition) is 1. The van der Waals surface area contributed by atoms with Gasteiger partial charge in [0.05, 0.1) is 6.61 Å². The molecule has 0 atom stereocenters. The maximum atomic E-state index is 5.46. The summed E-state index contributed by atoms with van der Waals surface area (Å²) in [6, 6.07) is 1.86. The van der Waals surface area contributed by atoms with Crippen molar-refractivity contribution >= 4 is 11.8 Å². The molecule has 5 heteroatoms. The Labute approximate surface area is 103 Å². The summed E-state index contributed by atoms with van der Waals surface area (Å²) in [5.74, 6) is 1.55. The van der Waals surface area contributed by atoms with Crippen LogP contribution >= 0.6 is 0 Å². The van der Waals surface area contributed by atoms with Crippen LogP contribution in [0.1, 0.15) is 19.8 Å². The molecule has 1 N–H and O–H groups in total. The Balaban J connectivity index is 2.24. The molecule has 17 heavy (non-hydrogen) atoms. The van der Waals surface area contributed by atoms with Gasteiger partial charge in [-0.15, -0.1) is 0 Å². The first kappa shape index (κ1) is 13.7. The van der Waals surface area contributed by atoms with Crippen LogP contribution in [0.4, 0.5) is 11.8 Å². The molecule has 96 valence electrons. The molecule has 1 aromatic heterocycles. The molecule has 0 saturated carbocycles. The van der Waals surface area contributed by atoms with Gasteiger partial charge in [-0.2, -0.15) is 4.98 Å². The lowest BCUT2D eigenvalue weighted by Crippen LogP contribution is -2.15. The van der Waals surface area contributed by atoms with E-state index in [0.717, 1.165) is 25.4 Å². The fraction of sp³-hybridized carbons (Fsp3) is 0.667. The topological polar surface area (TPSA) is 50.3 Å². The third-order valence-corrected chi connectivity index (χ3v) is 2.24. The summed E-state index contributed by atoms with van der Waals surface area (Å²) in [4.78, 5) is 10.4. The summed E-state index contributed by atoms with van der Waals surface area (Å²) >= 11 is 0. The van der Waals surface area contributed by atoms with Gasteiger partial charge in [0.2, 0.25) is 5.95 Å². The van der Waals surface area contributed by atoms with E-state index in [1.165, 1.54) is 6.42 Å². The summed E-state index contributed by atoms with van der Waals surface area (Å²) in [5.41, 5.74) is 0. The number of rotatable bonds is 8. The third kappa shape index (κ3) is 5.49. The number of hydrogen-bond acceptors (Lipinski definition) is 5. The van der Waals surface area contributed by atoms with Crippen LogP contribution in [0.15, 0.2) is 12.3 Å². The van der Waals surface area contributed by atoms with E-state index in [-0.39, 0.29) is 0 Å². The van der Waals surface area contributed by atoms with Gasteiger partial charge in [-0.05, 0) is 12.5 Å². The number of nitrogens with zero attached hydrogens (tertiary/aromatic N) is 3. The molecular formula is C12H22N4O. The summed E-state index contributed by atoms with van der Waals surface area (Å²) in [6.07, 6.45) is 4.05. The Bertz CT molecular complexity index is 317. The maximum absolute atomic E-state index is 5.46. The van der Waals surface area contributed by atoms with Crippen molar-refractivity contribution in [1.29, 1.82) is 0 Å². The van der Waals surface area contributed by atoms with Crippen molar-refractivity contribution < 1.29 is 4.74 Å². The van der Waals surface area contributed by atoms with Crippen LogP contribution in [0.3, 0.4) is 0 Å². The quantitative estimate of drug-likeness (QED) is 0.699. The molecule has 0 fully saturated rings. The van der Waals surface area contributed by atoms with Crippen molar-refractivity contribution in [2.75, 3.05) is 44.1 Å². The zero-order valence-corrected chi connectivity index (χ0v) is 10.9. The molecule has 0 aliphatic carbocycles. The molecule has 0 spiro atoms. The first-order valence-electron chi connectivity index (χ1n) is 6.06. The van der Waals surface area contributed by atoms with E-state index in [1.54, 1.807) is 6.20 Å². The zero-order valence-electron chi connectivity index (χ0n) is 10.9. The lowest BCUT2D eigenvalue weighted by Gasteiger charge is -2.11. The van der Waals surface area contributed by atoms with Crippen LogP contribution in [-0.2, 0) is 4.74 Å². The number of nitrogens with one attached hydrogen (secondary N) is 1. The van der Waals surface area contributed by atoms with Crippen molar-refractivity contribution in [3.8, 4) is 0 Å². The fourth-order valence-corrected chi connectivity index (χ4v) is 1.26. The highest BCUT2D eigenvalue weighted by Gasteiger charge is 1.99. The normalized spacial score (nSPS) is 10.3. The largest absolute Gasteiger partial charge is 0.380 e. The van der Waals surface area contributed by atoms with Crippen molar-refractivity contribution in [2.24, 2.45) is 0 Å². The highest BCUT2D eigenvalue weighted by Crippen LogP contribution is 2.07. The first-order valence-corrected chi connectivity index (χ1v) is 6.06. The standard InChI is InChI=1S/C12H22N4O/c1-4-5-9-17-10-8-13-11-6-7-14-12(15-11)16(2)3/h6-7H,4-5,8-10H2,1-3H3,(H,13,14,15). The Hall–Kier alpha value is -1.36. The van der Waals surface area contributed by atoms with Gasteiger partial charge < -0.3 is 15.0 Å². The lowest BCUT2D eigenvalue weighted by molar-refractivity contribution is 0.141. The Morgan fingerprint density at radius 3 is 2.88 bits per heavy atom. The number of anilines is 2. The van der Waals surface area contributed by atoms with Crippen molar-refractivity contribution in [2.45, 2.75) is 19.8 Å². The van der Waals surface area contributed by atoms with E-state index in [1.807, 2.05) is 25.1 Å². The smallest absolute Gasteiger partial charge is 0.226 e. The van der Waals surface area contributed by atoms with Crippen LogP contribution in [-0.4, -0.2) is 43.8 Å². The van der Waals surface area contributed by atoms with Gasteiger partial charge in [-0.1, -0.05) is 13.3 Å². The molecule has 0 aliphatic rings. The second-order valence-corrected chi connectivity index (χ2v) is 4.03. The minimum atomic E-state index is 0.710. The number of unbranched alkanes of at least 4 members (excludes halogenated alkanes) is 1. The minimum Gasteiger partial charge on any atom is -0.380 e. The zero-order chi connectivity index (χ0) is 12.5. The van der Waals surface area contributed by atoms with Gasteiger partial charge in [-0.3, -0.25) is 0 Å². The average Bonchev–Trinajstić information content (AvgIpc) is 2.34. The van der Waals surface area contributed by atoms with E-state index < -0.39 is 0 Å². The van der Waals surface area contributed by atoms with Crippen LogP contribution in [0.25, 0.3) is 0 Å². The van der Waals surface area contributed by atoms with Gasteiger partial charge in [0, 0.05) is 33.4 Å². The molecule has 1 aromatic rings. The van der Waals surface area contributed by atoms with Crippen molar-refractivity contribution in [3.05, 3.63) is 12.3 Å². The lowest BCUT2D eigenvalue weighted by atomic mass is 10.4. The Morgan fingerprint density at radius 2 is 2.18 bits per heavy atom. The van der Waals surface area contributed by atoms with Crippen LogP contribution in [0.5, 0.6) is 0 Å². The van der Waals surface area contributed by atoms with E-state index in [0.29, 0.717) is 12.6 Å². The molecule has 0 radical (unpaired) electrons. The SMILES string of the molecule is CCCCOCCNc1ccnc(N(C)C)n1. The average molecular weight is 238 g/mol. The molecule has 0 saturated heterocycles. The molecule has 0 aromatic carbocycles. The maximum Gasteiger partial charge on any atom is 0.226 e. The summed E-state index contributed by atoms with van der Waals surface area (Å²) in [5, 5.41) is 3.21. The molecule has 0 unspecified atom stereocenters. The second-order valence-electron chi connectivity index (χ2n) is 4.03. The van der Waals surface area contributed by atoms with E-state index in [4.69, 9.17) is 4.74 Å². The monoisotopic (exact) mass is 238 g/mol. The Morgan fingerprint density at radius 1 is 1.35 bits per heavy atom. The van der Waals surface area contributed by atoms with Crippen molar-refractivity contribution in [3.63, 3.8) is 0 Å². The van der Waals surface area contributed by atoms with E-state index in [2.05, 4.69) is 22.2 Å². The molecule has 5 nitrogen and oxygen atoms in total.